The Morgan fingerprint density at radius 2 is 2.03 bits per heavy atom. The van der Waals surface area contributed by atoms with Crippen LogP contribution in [0.5, 0.6) is 0 Å². The van der Waals surface area contributed by atoms with Crippen LogP contribution in [0.2, 0.25) is 0 Å². The Balaban J connectivity index is 1.59. The van der Waals surface area contributed by atoms with E-state index in [0.717, 1.165) is 54.0 Å². The third-order valence-electron chi connectivity index (χ3n) is 7.35. The molecule has 2 aromatic heterocycles. The van der Waals surface area contributed by atoms with E-state index in [2.05, 4.69) is 66.1 Å². The second kappa shape index (κ2) is 8.10. The number of hydrogen-bond acceptors (Lipinski definition) is 3. The van der Waals surface area contributed by atoms with Gasteiger partial charge in [-0.1, -0.05) is 38.1 Å². The summed E-state index contributed by atoms with van der Waals surface area (Å²) < 4.78 is 17.8. The van der Waals surface area contributed by atoms with Crippen LogP contribution in [-0.4, -0.2) is 38.2 Å². The Kier molecular flexibility index (Phi) is 5.36. The fraction of sp³-hybridized carbons (Fsp3) is 0.407. The van der Waals surface area contributed by atoms with E-state index >= 15 is 4.39 Å². The number of aryl methyl sites for hydroxylation is 2. The van der Waals surface area contributed by atoms with E-state index in [1.165, 1.54) is 5.56 Å². The Morgan fingerprint density at radius 1 is 1.24 bits per heavy atom. The van der Waals surface area contributed by atoms with Crippen LogP contribution in [0.25, 0.3) is 22.0 Å². The van der Waals surface area contributed by atoms with E-state index in [-0.39, 0.29) is 11.2 Å². The Labute approximate surface area is 194 Å². The lowest BCUT2D eigenvalue weighted by Gasteiger charge is -2.46. The molecule has 5 nitrogen and oxygen atoms in total. The predicted molar refractivity (Wildman–Crippen MR) is 131 cm³/mol. The topological polar surface area (TPSA) is 49.7 Å². The van der Waals surface area contributed by atoms with Crippen LogP contribution >= 0.6 is 0 Å². The predicted octanol–water partition coefficient (Wildman–Crippen LogP) is 5.58. The van der Waals surface area contributed by atoms with Gasteiger partial charge in [0.05, 0.1) is 10.9 Å². The van der Waals surface area contributed by atoms with E-state index in [1.54, 1.807) is 6.33 Å². The molecule has 6 heteroatoms. The molecule has 0 spiro atoms. The first-order valence-electron chi connectivity index (χ1n) is 11.8. The molecule has 1 saturated carbocycles. The number of benzene rings is 2. The number of nitrogens with one attached hydrogen (secondary N) is 1. The van der Waals surface area contributed by atoms with Crippen molar-refractivity contribution in [2.45, 2.75) is 45.6 Å². The molecule has 2 heterocycles. The molecule has 0 atom stereocenters. The summed E-state index contributed by atoms with van der Waals surface area (Å²) in [6.07, 6.45) is 3.81. The molecule has 4 aromatic rings. The molecule has 33 heavy (non-hydrogen) atoms. The number of hydrogen-bond donors (Lipinski definition) is 1. The Morgan fingerprint density at radius 3 is 2.70 bits per heavy atom. The quantitative estimate of drug-likeness (QED) is 0.422. The number of halogens is 1. The zero-order valence-electron chi connectivity index (χ0n) is 20.1. The van der Waals surface area contributed by atoms with Crippen LogP contribution < -0.4 is 0 Å². The van der Waals surface area contributed by atoms with Gasteiger partial charge in [-0.3, -0.25) is 0 Å². The van der Waals surface area contributed by atoms with Gasteiger partial charge in [0.25, 0.3) is 0 Å². The molecule has 172 valence electrons. The lowest BCUT2D eigenvalue weighted by molar-refractivity contribution is 0.185. The van der Waals surface area contributed by atoms with Gasteiger partial charge < -0.3 is 14.5 Å². The molecule has 1 fully saturated rings. The average Bonchev–Trinajstić information content (AvgIpc) is 3.40. The van der Waals surface area contributed by atoms with Crippen LogP contribution in [0.1, 0.15) is 49.3 Å². The molecule has 2 aromatic carbocycles. The lowest BCUT2D eigenvalue weighted by atomic mass is 9.58. The highest BCUT2D eigenvalue weighted by atomic mass is 19.1. The van der Waals surface area contributed by atoms with Crippen LogP contribution in [0.15, 0.2) is 42.7 Å². The normalized spacial score (nSPS) is 20.5. The molecule has 1 aliphatic rings. The van der Waals surface area contributed by atoms with Gasteiger partial charge in [-0.05, 0) is 68.1 Å². The van der Waals surface area contributed by atoms with E-state index in [4.69, 9.17) is 0 Å². The lowest BCUT2D eigenvalue weighted by Crippen LogP contribution is -2.43. The molecule has 0 bridgehead atoms. The summed E-state index contributed by atoms with van der Waals surface area (Å²) in [4.78, 5) is 5.55. The zero-order valence-corrected chi connectivity index (χ0v) is 20.1. The van der Waals surface area contributed by atoms with Crippen molar-refractivity contribution in [3.63, 3.8) is 0 Å². The third kappa shape index (κ3) is 3.57. The minimum atomic E-state index is -0.187. The summed E-state index contributed by atoms with van der Waals surface area (Å²) in [5, 5.41) is 9.55. The number of aromatic amines is 1. The SMILES string of the molecule is CCN(C)Cc1cc2c(C)cc(-c3cccc(C4(c5nncn5C)CC(C)C4)c3)c(F)c2[nH]1. The highest BCUT2D eigenvalue weighted by molar-refractivity contribution is 5.89. The van der Waals surface area contributed by atoms with Gasteiger partial charge in [0.15, 0.2) is 5.82 Å². The molecule has 0 unspecified atom stereocenters. The first kappa shape index (κ1) is 21.8. The van der Waals surface area contributed by atoms with Crippen molar-refractivity contribution >= 4 is 10.9 Å². The maximum Gasteiger partial charge on any atom is 0.155 e. The minimum Gasteiger partial charge on any atom is -0.355 e. The van der Waals surface area contributed by atoms with Gasteiger partial charge in [-0.15, -0.1) is 10.2 Å². The van der Waals surface area contributed by atoms with E-state index in [9.17, 15) is 0 Å². The molecular weight excluding hydrogens is 413 g/mol. The molecule has 0 radical (unpaired) electrons. The highest BCUT2D eigenvalue weighted by Gasteiger charge is 2.48. The average molecular weight is 446 g/mol. The van der Waals surface area contributed by atoms with Gasteiger partial charge in [0, 0.05) is 30.2 Å². The molecular formula is C27H32FN5. The fourth-order valence-corrected chi connectivity index (χ4v) is 5.56. The summed E-state index contributed by atoms with van der Waals surface area (Å²) in [6.45, 7) is 8.17. The van der Waals surface area contributed by atoms with Gasteiger partial charge >= 0.3 is 0 Å². The molecule has 1 aliphatic carbocycles. The van der Waals surface area contributed by atoms with Crippen LogP contribution in [-0.2, 0) is 19.0 Å². The number of aromatic nitrogens is 4. The maximum absolute atomic E-state index is 15.8. The van der Waals surface area contributed by atoms with Crippen molar-refractivity contribution in [2.75, 3.05) is 13.6 Å². The number of rotatable bonds is 6. The minimum absolute atomic E-state index is 0.166. The van der Waals surface area contributed by atoms with E-state index < -0.39 is 0 Å². The molecule has 0 saturated heterocycles. The summed E-state index contributed by atoms with van der Waals surface area (Å²) >= 11 is 0. The van der Waals surface area contributed by atoms with Crippen molar-refractivity contribution in [3.8, 4) is 11.1 Å². The smallest absolute Gasteiger partial charge is 0.155 e. The first-order valence-corrected chi connectivity index (χ1v) is 11.8. The van der Waals surface area contributed by atoms with Gasteiger partial charge in [-0.2, -0.15) is 0 Å². The standard InChI is InChI=1S/C27H32FN5/c1-6-32(4)15-21-12-22-18(3)10-23(24(28)25(22)30-21)19-8-7-9-20(11-19)27(13-17(2)14-27)26-31-29-16-33(26)5/h7-12,16-17,30H,6,13-15H2,1-5H3. The van der Waals surface area contributed by atoms with Crippen LogP contribution in [0, 0.1) is 18.7 Å². The van der Waals surface area contributed by atoms with Gasteiger partial charge in [0.1, 0.15) is 12.2 Å². The molecule has 1 N–H and O–H groups in total. The maximum atomic E-state index is 15.8. The number of H-pyrrole nitrogens is 1. The summed E-state index contributed by atoms with van der Waals surface area (Å²) in [7, 11) is 4.07. The van der Waals surface area contributed by atoms with Crippen LogP contribution in [0.3, 0.4) is 0 Å². The number of fused-ring (bicyclic) bond motifs is 1. The first-order chi connectivity index (χ1) is 15.8. The summed E-state index contributed by atoms with van der Waals surface area (Å²) in [5.41, 5.74) is 5.26. The number of nitrogens with zero attached hydrogens (tertiary/aromatic N) is 4. The summed E-state index contributed by atoms with van der Waals surface area (Å²) in [5.74, 6) is 1.42. The molecule has 0 amide bonds. The van der Waals surface area contributed by atoms with E-state index in [0.29, 0.717) is 17.0 Å². The third-order valence-corrected chi connectivity index (χ3v) is 7.35. The Bertz CT molecular complexity index is 1310. The fourth-order valence-electron chi connectivity index (χ4n) is 5.56. The van der Waals surface area contributed by atoms with Crippen molar-refractivity contribution in [3.05, 3.63) is 71.2 Å². The van der Waals surface area contributed by atoms with E-state index in [1.807, 2.05) is 29.8 Å². The van der Waals surface area contributed by atoms with Gasteiger partial charge in [-0.25, -0.2) is 4.39 Å². The zero-order chi connectivity index (χ0) is 23.3. The van der Waals surface area contributed by atoms with Crippen molar-refractivity contribution in [1.82, 2.24) is 24.6 Å². The second-order valence-corrected chi connectivity index (χ2v) is 9.91. The second-order valence-electron chi connectivity index (χ2n) is 9.91. The molecule has 0 aliphatic heterocycles. The summed E-state index contributed by atoms with van der Waals surface area (Å²) in [6, 6.07) is 12.4. The van der Waals surface area contributed by atoms with Gasteiger partial charge in [0.2, 0.25) is 0 Å². The van der Waals surface area contributed by atoms with Crippen molar-refractivity contribution < 1.29 is 4.39 Å². The Hall–Kier alpha value is -2.99. The van der Waals surface area contributed by atoms with Crippen molar-refractivity contribution in [1.29, 1.82) is 0 Å². The highest BCUT2D eigenvalue weighted by Crippen LogP contribution is 2.52. The largest absolute Gasteiger partial charge is 0.355 e. The monoisotopic (exact) mass is 445 g/mol. The molecule has 5 rings (SSSR count). The van der Waals surface area contributed by atoms with Crippen LogP contribution in [0.4, 0.5) is 4.39 Å². The van der Waals surface area contributed by atoms with Crippen molar-refractivity contribution in [2.24, 2.45) is 13.0 Å².